The van der Waals surface area contributed by atoms with Crippen molar-refractivity contribution in [2.24, 2.45) is 0 Å². The number of rotatable bonds is 13. The fraction of sp³-hybridized carbons (Fsp3) is 0.467. The van der Waals surface area contributed by atoms with Gasteiger partial charge in [-0.3, -0.25) is 9.69 Å². The van der Waals surface area contributed by atoms with E-state index in [1.807, 2.05) is 38.3 Å². The lowest BCUT2D eigenvalue weighted by Gasteiger charge is -2.37. The first-order valence-corrected chi connectivity index (χ1v) is 13.1. The molecule has 1 fully saturated rings. The molecule has 37 heavy (non-hydrogen) atoms. The Morgan fingerprint density at radius 2 is 2.00 bits per heavy atom. The molecular formula is C30H42N4O3. The van der Waals surface area contributed by atoms with Crippen LogP contribution in [0.4, 0.5) is 5.69 Å². The minimum absolute atomic E-state index is 0.116. The lowest BCUT2D eigenvalue weighted by atomic mass is 9.97. The molecule has 0 bridgehead atoms. The van der Waals surface area contributed by atoms with E-state index in [0.717, 1.165) is 67.2 Å². The van der Waals surface area contributed by atoms with Crippen molar-refractivity contribution in [1.29, 1.82) is 0 Å². The summed E-state index contributed by atoms with van der Waals surface area (Å²) in [7, 11) is 3.66. The number of hydrogen-bond donors (Lipinski definition) is 1. The number of methoxy groups -OCH3 is 1. The van der Waals surface area contributed by atoms with Gasteiger partial charge in [0.2, 0.25) is 5.88 Å². The Hall–Kier alpha value is -3.16. The minimum atomic E-state index is -0.116. The van der Waals surface area contributed by atoms with E-state index in [1.54, 1.807) is 7.11 Å². The van der Waals surface area contributed by atoms with Crippen molar-refractivity contribution in [2.45, 2.75) is 52.2 Å². The normalized spacial score (nSPS) is 13.9. The highest BCUT2D eigenvalue weighted by Gasteiger charge is 2.25. The van der Waals surface area contributed by atoms with Crippen LogP contribution in [-0.2, 0) is 24.2 Å². The van der Waals surface area contributed by atoms with Crippen molar-refractivity contribution in [1.82, 2.24) is 15.2 Å². The number of aryl methyl sites for hydroxylation is 1. The first-order valence-electron chi connectivity index (χ1n) is 13.1. The van der Waals surface area contributed by atoms with Crippen molar-refractivity contribution < 1.29 is 14.3 Å². The number of carbonyl (C=O) groups is 1. The smallest absolute Gasteiger partial charge is 0.251 e. The molecule has 1 saturated heterocycles. The highest BCUT2D eigenvalue weighted by Crippen LogP contribution is 2.30. The van der Waals surface area contributed by atoms with Crippen LogP contribution in [0.5, 0.6) is 5.88 Å². The third-order valence-corrected chi connectivity index (χ3v) is 6.83. The number of anilines is 1. The van der Waals surface area contributed by atoms with Crippen LogP contribution in [0.2, 0.25) is 0 Å². The van der Waals surface area contributed by atoms with Crippen LogP contribution in [0.15, 0.2) is 49.6 Å². The number of nitrogens with one attached hydrogen (secondary N) is 1. The number of ether oxygens (including phenoxy) is 2. The lowest BCUT2D eigenvalue weighted by Crippen LogP contribution is -2.40. The monoisotopic (exact) mass is 506 g/mol. The molecule has 1 aliphatic rings. The summed E-state index contributed by atoms with van der Waals surface area (Å²) in [6.45, 7) is 16.1. The summed E-state index contributed by atoms with van der Waals surface area (Å²) in [5.74, 6) is 0.425. The van der Waals surface area contributed by atoms with Gasteiger partial charge in [-0.25, -0.2) is 4.98 Å². The topological polar surface area (TPSA) is 66.9 Å². The molecule has 1 aliphatic heterocycles. The van der Waals surface area contributed by atoms with Gasteiger partial charge < -0.3 is 19.7 Å². The molecule has 2 aromatic rings. The van der Waals surface area contributed by atoms with Gasteiger partial charge in [-0.05, 0) is 69.5 Å². The molecule has 1 aromatic carbocycles. The largest absolute Gasteiger partial charge is 0.481 e. The van der Waals surface area contributed by atoms with E-state index in [9.17, 15) is 4.79 Å². The Balaban J connectivity index is 1.89. The number of carbonyl (C=O) groups excluding carboxylic acids is 1. The number of hydrogen-bond acceptors (Lipinski definition) is 6. The average Bonchev–Trinajstić information content (AvgIpc) is 2.89. The van der Waals surface area contributed by atoms with Gasteiger partial charge in [-0.15, -0.1) is 13.2 Å². The van der Waals surface area contributed by atoms with Crippen molar-refractivity contribution in [3.05, 3.63) is 77.5 Å². The van der Waals surface area contributed by atoms with Crippen LogP contribution in [0, 0.1) is 6.92 Å². The number of allylic oxidation sites excluding steroid dienone is 1. The predicted octanol–water partition coefficient (Wildman–Crippen LogP) is 4.68. The van der Waals surface area contributed by atoms with Crippen LogP contribution in [0.1, 0.15) is 52.5 Å². The fourth-order valence-corrected chi connectivity index (χ4v) is 5.11. The number of nitrogens with zero attached hydrogens (tertiary/aromatic N) is 3. The molecule has 2 heterocycles. The van der Waals surface area contributed by atoms with Gasteiger partial charge in [-0.1, -0.05) is 18.2 Å². The molecule has 0 unspecified atom stereocenters. The Bertz CT molecular complexity index is 1080. The van der Waals surface area contributed by atoms with Crippen molar-refractivity contribution in [3.8, 4) is 5.88 Å². The average molecular weight is 507 g/mol. The molecule has 7 nitrogen and oxygen atoms in total. The van der Waals surface area contributed by atoms with E-state index in [4.69, 9.17) is 9.47 Å². The van der Waals surface area contributed by atoms with Gasteiger partial charge in [0.1, 0.15) is 0 Å². The van der Waals surface area contributed by atoms with Gasteiger partial charge in [0.05, 0.1) is 7.11 Å². The third kappa shape index (κ3) is 7.21. The first kappa shape index (κ1) is 28.4. The Labute approximate surface area is 222 Å². The maximum Gasteiger partial charge on any atom is 0.251 e. The number of likely N-dealkylation sites (N-methyl/N-ethyl adjacent to an activating group) is 1. The summed E-state index contributed by atoms with van der Waals surface area (Å²) in [6, 6.07) is 8.45. The zero-order valence-electron chi connectivity index (χ0n) is 22.9. The minimum Gasteiger partial charge on any atom is -0.481 e. The summed E-state index contributed by atoms with van der Waals surface area (Å²) in [6.07, 6.45) is 6.34. The molecule has 0 radical (unpaired) electrons. The Kier molecular flexibility index (Phi) is 10.7. The second kappa shape index (κ2) is 14.0. The maximum absolute atomic E-state index is 13.6. The van der Waals surface area contributed by atoms with E-state index in [2.05, 4.69) is 52.3 Å². The van der Waals surface area contributed by atoms with E-state index in [-0.39, 0.29) is 5.91 Å². The zero-order chi connectivity index (χ0) is 26.8. The van der Waals surface area contributed by atoms with Crippen LogP contribution >= 0.6 is 0 Å². The van der Waals surface area contributed by atoms with E-state index >= 15 is 0 Å². The number of pyridine rings is 1. The maximum atomic E-state index is 13.6. The number of aromatic nitrogens is 1. The van der Waals surface area contributed by atoms with E-state index in [0.29, 0.717) is 37.0 Å². The molecule has 0 saturated carbocycles. The molecule has 0 atom stereocenters. The molecule has 200 valence electrons. The number of benzene rings is 1. The second-order valence-electron chi connectivity index (χ2n) is 9.50. The molecule has 0 spiro atoms. The van der Waals surface area contributed by atoms with Gasteiger partial charge in [0.15, 0.2) is 0 Å². The zero-order valence-corrected chi connectivity index (χ0v) is 22.9. The quantitative estimate of drug-likeness (QED) is 0.398. The van der Waals surface area contributed by atoms with Crippen LogP contribution < -0.4 is 15.0 Å². The summed E-state index contributed by atoms with van der Waals surface area (Å²) in [5, 5.41) is 3.15. The van der Waals surface area contributed by atoms with Crippen LogP contribution in [0.3, 0.4) is 0 Å². The third-order valence-electron chi connectivity index (χ3n) is 6.83. The summed E-state index contributed by atoms with van der Waals surface area (Å²) in [4.78, 5) is 22.7. The predicted molar refractivity (Wildman–Crippen MR) is 150 cm³/mol. The summed E-state index contributed by atoms with van der Waals surface area (Å²) >= 11 is 0. The molecule has 1 N–H and O–H groups in total. The van der Waals surface area contributed by atoms with Gasteiger partial charge in [-0.2, -0.15) is 0 Å². The summed E-state index contributed by atoms with van der Waals surface area (Å²) < 4.78 is 11.2. The molecule has 1 aromatic heterocycles. The van der Waals surface area contributed by atoms with Crippen LogP contribution in [0.25, 0.3) is 0 Å². The fourth-order valence-electron chi connectivity index (χ4n) is 5.11. The lowest BCUT2D eigenvalue weighted by molar-refractivity contribution is 0.0845. The van der Waals surface area contributed by atoms with Crippen molar-refractivity contribution in [2.75, 3.05) is 45.4 Å². The first-order chi connectivity index (χ1) is 17.9. The molecular weight excluding hydrogens is 464 g/mol. The van der Waals surface area contributed by atoms with Gasteiger partial charge in [0.25, 0.3) is 5.91 Å². The Morgan fingerprint density at radius 1 is 1.24 bits per heavy atom. The standard InChI is InChI=1S/C30H42N4O3/c1-7-11-25-26(12-10-13-28(25)34(9-3)24-14-17-37-18-15-24)29(35)31-20-27-23(21-33(5)16-8-2)19-22(4)32-30(27)36-6/h7-8,10,12-13,19,24H,1-2,9,11,14-18,20-21H2,3-6H3,(H,31,35). The van der Waals surface area contributed by atoms with Gasteiger partial charge in [0, 0.05) is 67.9 Å². The second-order valence-corrected chi connectivity index (χ2v) is 9.50. The molecule has 3 rings (SSSR count). The van der Waals surface area contributed by atoms with E-state index < -0.39 is 0 Å². The van der Waals surface area contributed by atoms with Crippen molar-refractivity contribution >= 4 is 11.6 Å². The van der Waals surface area contributed by atoms with Crippen LogP contribution in [-0.4, -0.2) is 62.3 Å². The highest BCUT2D eigenvalue weighted by atomic mass is 16.5. The molecule has 1 amide bonds. The SMILES string of the molecule is C=CCc1c(C(=O)NCc2c(CN(C)CC=C)cc(C)nc2OC)cccc1N(CC)C1CCOCC1. The van der Waals surface area contributed by atoms with Gasteiger partial charge >= 0.3 is 0 Å². The van der Waals surface area contributed by atoms with Crippen molar-refractivity contribution in [3.63, 3.8) is 0 Å². The number of amides is 1. The van der Waals surface area contributed by atoms with E-state index in [1.165, 1.54) is 0 Å². The Morgan fingerprint density at radius 3 is 2.65 bits per heavy atom. The molecule has 7 heteroatoms. The molecule has 0 aliphatic carbocycles. The highest BCUT2D eigenvalue weighted by molar-refractivity contribution is 5.97. The summed E-state index contributed by atoms with van der Waals surface area (Å²) in [5.41, 5.74) is 5.61.